The molecule has 1 amide bonds. The molecule has 2 heterocycles. The van der Waals surface area contributed by atoms with Crippen LogP contribution in [-0.2, 0) is 17.8 Å². The topological polar surface area (TPSA) is 55.2 Å². The van der Waals surface area contributed by atoms with Crippen molar-refractivity contribution in [3.63, 3.8) is 0 Å². The standard InChI is InChI=1S/C22H22BrN3O2/c23-17-8-9-20-19(14-17)22(28)25(15-24-20)12-10-21(27)26-11-4-7-18(26)13-16-5-2-1-3-6-16/h1-3,5-6,8-9,14-15,18H,4,7,10-13H2. The van der Waals surface area contributed by atoms with Crippen LogP contribution in [0.5, 0.6) is 0 Å². The fourth-order valence-corrected chi connectivity index (χ4v) is 4.27. The van der Waals surface area contributed by atoms with Gasteiger partial charge in [-0.1, -0.05) is 46.3 Å². The van der Waals surface area contributed by atoms with Crippen LogP contribution in [0.4, 0.5) is 0 Å². The molecule has 0 spiro atoms. The Hall–Kier alpha value is -2.47. The molecule has 6 heteroatoms. The van der Waals surface area contributed by atoms with Crippen LogP contribution in [0.3, 0.4) is 0 Å². The lowest BCUT2D eigenvalue weighted by Crippen LogP contribution is -2.37. The number of aryl methyl sites for hydroxylation is 1. The first-order valence-corrected chi connectivity index (χ1v) is 10.4. The van der Waals surface area contributed by atoms with Crippen LogP contribution in [0.1, 0.15) is 24.8 Å². The molecule has 1 unspecified atom stereocenters. The predicted molar refractivity (Wildman–Crippen MR) is 113 cm³/mol. The summed E-state index contributed by atoms with van der Waals surface area (Å²) in [5, 5.41) is 0.562. The number of rotatable bonds is 5. The van der Waals surface area contributed by atoms with Crippen molar-refractivity contribution in [2.24, 2.45) is 0 Å². The van der Waals surface area contributed by atoms with E-state index in [0.29, 0.717) is 23.9 Å². The van der Waals surface area contributed by atoms with Crippen molar-refractivity contribution in [2.75, 3.05) is 6.54 Å². The lowest BCUT2D eigenvalue weighted by atomic mass is 10.0. The zero-order chi connectivity index (χ0) is 19.5. The molecule has 144 valence electrons. The first-order chi connectivity index (χ1) is 13.6. The van der Waals surface area contributed by atoms with Crippen LogP contribution in [0, 0.1) is 0 Å². The van der Waals surface area contributed by atoms with Crippen LogP contribution >= 0.6 is 15.9 Å². The number of aromatic nitrogens is 2. The van der Waals surface area contributed by atoms with Gasteiger partial charge < -0.3 is 4.90 Å². The van der Waals surface area contributed by atoms with E-state index in [4.69, 9.17) is 0 Å². The molecular formula is C22H22BrN3O2. The molecule has 1 saturated heterocycles. The van der Waals surface area contributed by atoms with Crippen molar-refractivity contribution in [1.29, 1.82) is 0 Å². The summed E-state index contributed by atoms with van der Waals surface area (Å²) in [7, 11) is 0. The van der Waals surface area contributed by atoms with Crippen molar-refractivity contribution >= 4 is 32.7 Å². The summed E-state index contributed by atoms with van der Waals surface area (Å²) >= 11 is 3.40. The maximum Gasteiger partial charge on any atom is 0.261 e. The minimum absolute atomic E-state index is 0.110. The predicted octanol–water partition coefficient (Wildman–Crippen LogP) is 3.78. The second-order valence-electron chi connectivity index (χ2n) is 7.23. The van der Waals surface area contributed by atoms with Gasteiger partial charge in [0, 0.05) is 30.0 Å². The first-order valence-electron chi connectivity index (χ1n) is 9.60. The monoisotopic (exact) mass is 439 g/mol. The van der Waals surface area contributed by atoms with Crippen LogP contribution in [0.25, 0.3) is 10.9 Å². The van der Waals surface area contributed by atoms with E-state index in [2.05, 4.69) is 33.0 Å². The molecule has 0 bridgehead atoms. The number of nitrogens with zero attached hydrogens (tertiary/aromatic N) is 3. The van der Waals surface area contributed by atoms with Crippen LogP contribution in [0.2, 0.25) is 0 Å². The van der Waals surface area contributed by atoms with Crippen molar-refractivity contribution in [1.82, 2.24) is 14.5 Å². The van der Waals surface area contributed by atoms with Gasteiger partial charge in [-0.15, -0.1) is 0 Å². The first kappa shape index (κ1) is 18.9. The molecule has 1 aliphatic rings. The highest BCUT2D eigenvalue weighted by atomic mass is 79.9. The number of benzene rings is 2. The Kier molecular flexibility index (Phi) is 5.57. The van der Waals surface area contributed by atoms with Gasteiger partial charge in [0.1, 0.15) is 0 Å². The Balaban J connectivity index is 1.44. The Morgan fingerprint density at radius 3 is 2.82 bits per heavy atom. The third-order valence-corrected chi connectivity index (χ3v) is 5.86. The van der Waals surface area contributed by atoms with Gasteiger partial charge in [-0.05, 0) is 43.0 Å². The maximum absolute atomic E-state index is 12.8. The minimum atomic E-state index is -0.110. The van der Waals surface area contributed by atoms with Gasteiger partial charge in [0.15, 0.2) is 0 Å². The minimum Gasteiger partial charge on any atom is -0.339 e. The van der Waals surface area contributed by atoms with E-state index in [1.165, 1.54) is 16.5 Å². The number of hydrogen-bond donors (Lipinski definition) is 0. The Labute approximate surface area is 172 Å². The summed E-state index contributed by atoms with van der Waals surface area (Å²) < 4.78 is 2.38. The molecule has 1 aromatic heterocycles. The molecule has 1 fully saturated rings. The zero-order valence-corrected chi connectivity index (χ0v) is 17.1. The summed E-state index contributed by atoms with van der Waals surface area (Å²) in [5.41, 5.74) is 1.81. The third kappa shape index (κ3) is 4.02. The lowest BCUT2D eigenvalue weighted by molar-refractivity contribution is -0.132. The van der Waals surface area contributed by atoms with Crippen molar-refractivity contribution in [3.8, 4) is 0 Å². The fourth-order valence-electron chi connectivity index (χ4n) is 3.91. The lowest BCUT2D eigenvalue weighted by Gasteiger charge is -2.25. The van der Waals surface area contributed by atoms with Gasteiger partial charge in [0.25, 0.3) is 5.56 Å². The van der Waals surface area contributed by atoms with E-state index in [1.54, 1.807) is 6.07 Å². The highest BCUT2D eigenvalue weighted by Gasteiger charge is 2.28. The number of amides is 1. The summed E-state index contributed by atoms with van der Waals surface area (Å²) in [4.78, 5) is 31.9. The summed E-state index contributed by atoms with van der Waals surface area (Å²) in [5.74, 6) is 0.111. The molecule has 1 aliphatic heterocycles. The smallest absolute Gasteiger partial charge is 0.261 e. The van der Waals surface area contributed by atoms with Gasteiger partial charge in [-0.25, -0.2) is 4.98 Å². The number of carbonyl (C=O) groups is 1. The number of hydrogen-bond acceptors (Lipinski definition) is 3. The molecule has 5 nitrogen and oxygen atoms in total. The SMILES string of the molecule is O=C(CCn1cnc2ccc(Br)cc2c1=O)N1CCCC1Cc1ccccc1. The molecule has 0 aliphatic carbocycles. The van der Waals surface area contributed by atoms with Crippen molar-refractivity contribution in [2.45, 2.75) is 38.3 Å². The van der Waals surface area contributed by atoms with Crippen LogP contribution in [0.15, 0.2) is 64.1 Å². The van der Waals surface area contributed by atoms with E-state index in [0.717, 1.165) is 30.3 Å². The van der Waals surface area contributed by atoms with E-state index in [9.17, 15) is 9.59 Å². The van der Waals surface area contributed by atoms with E-state index in [1.807, 2.05) is 35.2 Å². The van der Waals surface area contributed by atoms with Gasteiger partial charge in [0.05, 0.1) is 17.2 Å². The number of carbonyl (C=O) groups excluding carboxylic acids is 1. The quantitative estimate of drug-likeness (QED) is 0.607. The highest BCUT2D eigenvalue weighted by molar-refractivity contribution is 9.10. The van der Waals surface area contributed by atoms with Crippen LogP contribution < -0.4 is 5.56 Å². The molecule has 0 radical (unpaired) electrons. The summed E-state index contributed by atoms with van der Waals surface area (Å²) in [6, 6.07) is 16.0. The summed E-state index contributed by atoms with van der Waals surface area (Å²) in [6.45, 7) is 1.15. The Morgan fingerprint density at radius 1 is 1.18 bits per heavy atom. The van der Waals surface area contributed by atoms with E-state index >= 15 is 0 Å². The number of fused-ring (bicyclic) bond motifs is 1. The highest BCUT2D eigenvalue weighted by Crippen LogP contribution is 2.22. The zero-order valence-electron chi connectivity index (χ0n) is 15.6. The molecule has 4 rings (SSSR count). The van der Waals surface area contributed by atoms with E-state index < -0.39 is 0 Å². The molecule has 3 aromatic rings. The van der Waals surface area contributed by atoms with Gasteiger partial charge in [-0.2, -0.15) is 0 Å². The number of halogens is 1. The molecule has 0 N–H and O–H groups in total. The molecule has 28 heavy (non-hydrogen) atoms. The fraction of sp³-hybridized carbons (Fsp3) is 0.318. The van der Waals surface area contributed by atoms with E-state index in [-0.39, 0.29) is 17.5 Å². The van der Waals surface area contributed by atoms with Crippen molar-refractivity contribution in [3.05, 3.63) is 75.2 Å². The van der Waals surface area contributed by atoms with Crippen molar-refractivity contribution < 1.29 is 4.79 Å². The normalized spacial score (nSPS) is 16.6. The van der Waals surface area contributed by atoms with Crippen LogP contribution in [-0.4, -0.2) is 32.9 Å². The van der Waals surface area contributed by atoms with Gasteiger partial charge in [0.2, 0.25) is 5.91 Å². The average Bonchev–Trinajstić information content (AvgIpc) is 3.17. The molecule has 0 saturated carbocycles. The molecule has 2 aromatic carbocycles. The maximum atomic E-state index is 12.8. The van der Waals surface area contributed by atoms with Gasteiger partial charge >= 0.3 is 0 Å². The summed E-state index contributed by atoms with van der Waals surface area (Å²) in [6.07, 6.45) is 4.81. The second-order valence-corrected chi connectivity index (χ2v) is 8.14. The Morgan fingerprint density at radius 2 is 2.00 bits per heavy atom. The number of likely N-dealkylation sites (tertiary alicyclic amines) is 1. The average molecular weight is 440 g/mol. The Bertz CT molecular complexity index is 1050. The second kappa shape index (κ2) is 8.27. The molecule has 1 atom stereocenters. The van der Waals surface area contributed by atoms with Gasteiger partial charge in [-0.3, -0.25) is 14.2 Å². The largest absolute Gasteiger partial charge is 0.339 e. The third-order valence-electron chi connectivity index (χ3n) is 5.36. The molecular weight excluding hydrogens is 418 g/mol.